The molecule has 1 amide bonds. The van der Waals surface area contributed by atoms with Crippen LogP contribution in [0, 0.1) is 0 Å². The van der Waals surface area contributed by atoms with Crippen molar-refractivity contribution in [2.45, 2.75) is 31.2 Å². The predicted octanol–water partition coefficient (Wildman–Crippen LogP) is -0.131. The van der Waals surface area contributed by atoms with Gasteiger partial charge in [0.25, 0.3) is 0 Å². The molecule has 3 rings (SSSR count). The molecule has 1 fully saturated rings. The van der Waals surface area contributed by atoms with E-state index in [1.807, 2.05) is 0 Å². The molecule has 1 aromatic carbocycles. The normalized spacial score (nSPS) is 25.4. The minimum atomic E-state index is -3.63. The number of hydrogen-bond donors (Lipinski definition) is 3. The van der Waals surface area contributed by atoms with Crippen LogP contribution >= 0.6 is 0 Å². The molecule has 1 aromatic rings. The minimum absolute atomic E-state index is 0.146. The van der Waals surface area contributed by atoms with Crippen molar-refractivity contribution in [2.75, 3.05) is 25.7 Å². The van der Waals surface area contributed by atoms with Gasteiger partial charge in [-0.3, -0.25) is 15.6 Å². The molecule has 0 bridgehead atoms. The number of nitrogens with one attached hydrogen (secondary N) is 3. The highest BCUT2D eigenvalue weighted by Crippen LogP contribution is 2.34. The summed E-state index contributed by atoms with van der Waals surface area (Å²) < 4.78 is 37.0. The van der Waals surface area contributed by atoms with E-state index >= 15 is 0 Å². The number of carbonyl (C=O) groups excluding carboxylic acids is 1. The number of carbonyl (C=O) groups is 1. The molecule has 0 aromatic heterocycles. The molecule has 25 heavy (non-hydrogen) atoms. The molecule has 2 atom stereocenters. The largest absolute Gasteiger partial charge is 0.454 e. The van der Waals surface area contributed by atoms with Gasteiger partial charge in [0.1, 0.15) is 5.25 Å². The topological polar surface area (TPSA) is 109 Å². The third-order valence-electron chi connectivity index (χ3n) is 4.33. The third kappa shape index (κ3) is 3.56. The lowest BCUT2D eigenvalue weighted by Crippen LogP contribution is -2.47. The van der Waals surface area contributed by atoms with Crippen LogP contribution in [-0.4, -0.2) is 56.3 Å². The van der Waals surface area contributed by atoms with E-state index in [4.69, 9.17) is 9.47 Å². The van der Waals surface area contributed by atoms with E-state index in [2.05, 4.69) is 16.2 Å². The number of sulfonamides is 1. The van der Waals surface area contributed by atoms with Gasteiger partial charge < -0.3 is 14.8 Å². The van der Waals surface area contributed by atoms with Crippen LogP contribution in [0.25, 0.3) is 0 Å². The summed E-state index contributed by atoms with van der Waals surface area (Å²) >= 11 is 0. The van der Waals surface area contributed by atoms with Gasteiger partial charge in [-0.15, -0.1) is 0 Å². The number of likely N-dealkylation sites (N-methyl/N-ethyl adjacent to an activating group) is 1. The molecule has 1 saturated heterocycles. The molecular formula is C15H22N4O5S. The van der Waals surface area contributed by atoms with Crippen molar-refractivity contribution in [1.29, 1.82) is 0 Å². The van der Waals surface area contributed by atoms with E-state index in [-0.39, 0.29) is 25.4 Å². The number of hydrogen-bond acceptors (Lipinski definition) is 7. The summed E-state index contributed by atoms with van der Waals surface area (Å²) in [7, 11) is -2.22. The fraction of sp³-hybridized carbons (Fsp3) is 0.533. The Morgan fingerprint density at radius 3 is 2.56 bits per heavy atom. The molecule has 9 nitrogen and oxygen atoms in total. The molecule has 2 aliphatic rings. The van der Waals surface area contributed by atoms with Crippen molar-refractivity contribution in [3.05, 3.63) is 18.2 Å². The molecule has 3 N–H and O–H groups in total. The first-order valence-electron chi connectivity index (χ1n) is 7.95. The van der Waals surface area contributed by atoms with E-state index in [1.165, 1.54) is 7.05 Å². The van der Waals surface area contributed by atoms with Crippen LogP contribution in [0.1, 0.15) is 13.8 Å². The fourth-order valence-electron chi connectivity index (χ4n) is 3.05. The van der Waals surface area contributed by atoms with Crippen molar-refractivity contribution in [3.63, 3.8) is 0 Å². The summed E-state index contributed by atoms with van der Waals surface area (Å²) in [5.41, 5.74) is 6.35. The summed E-state index contributed by atoms with van der Waals surface area (Å²) in [5.74, 6) is 0.732. The van der Waals surface area contributed by atoms with Crippen molar-refractivity contribution < 1.29 is 22.7 Å². The van der Waals surface area contributed by atoms with E-state index in [0.717, 1.165) is 4.31 Å². The van der Waals surface area contributed by atoms with Crippen LogP contribution in [0.3, 0.4) is 0 Å². The number of amides is 1. The first-order valence-corrected chi connectivity index (χ1v) is 9.45. The van der Waals surface area contributed by atoms with Gasteiger partial charge >= 0.3 is 0 Å². The Bertz CT molecular complexity index is 759. The highest BCUT2D eigenvalue weighted by Gasteiger charge is 2.42. The van der Waals surface area contributed by atoms with Crippen molar-refractivity contribution in [2.24, 2.45) is 0 Å². The zero-order valence-electron chi connectivity index (χ0n) is 14.3. The molecule has 0 aliphatic carbocycles. The Morgan fingerprint density at radius 2 is 1.88 bits per heavy atom. The second kappa shape index (κ2) is 6.79. The van der Waals surface area contributed by atoms with E-state index in [9.17, 15) is 13.2 Å². The number of benzene rings is 1. The monoisotopic (exact) mass is 370 g/mol. The van der Waals surface area contributed by atoms with Crippen LogP contribution in [0.2, 0.25) is 0 Å². The minimum Gasteiger partial charge on any atom is -0.454 e. The fourth-order valence-corrected chi connectivity index (χ4v) is 4.93. The standard InChI is InChI=1S/C15H22N4O5S/c1-9-15(10(2)18-17-9)25(21,22)19(3)7-14(20)16-11-4-5-12-13(6-11)24-8-23-12/h4-6,9-10,15,17-18H,7-8H2,1-3H3,(H,16,20). The average molecular weight is 370 g/mol. The van der Waals surface area contributed by atoms with Gasteiger partial charge in [0.05, 0.1) is 6.54 Å². The van der Waals surface area contributed by atoms with Crippen LogP contribution in [0.4, 0.5) is 5.69 Å². The molecule has 0 saturated carbocycles. The Labute approximate surface area is 146 Å². The van der Waals surface area contributed by atoms with Gasteiger partial charge in [-0.25, -0.2) is 8.42 Å². The maximum absolute atomic E-state index is 12.7. The maximum Gasteiger partial charge on any atom is 0.239 e. The van der Waals surface area contributed by atoms with Gasteiger partial charge in [0.15, 0.2) is 11.5 Å². The van der Waals surface area contributed by atoms with Crippen molar-refractivity contribution >= 4 is 21.6 Å². The van der Waals surface area contributed by atoms with Gasteiger partial charge in [0.2, 0.25) is 22.7 Å². The summed E-state index contributed by atoms with van der Waals surface area (Å²) in [6.45, 7) is 3.46. The van der Waals surface area contributed by atoms with Crippen LogP contribution < -0.4 is 25.6 Å². The molecular weight excluding hydrogens is 348 g/mol. The van der Waals surface area contributed by atoms with E-state index < -0.39 is 21.2 Å². The number of hydrazine groups is 1. The Balaban J connectivity index is 1.64. The van der Waals surface area contributed by atoms with Gasteiger partial charge in [-0.05, 0) is 26.0 Å². The second-order valence-corrected chi connectivity index (χ2v) is 8.45. The SMILES string of the molecule is CC1NNC(C)C1S(=O)(=O)N(C)CC(=O)Nc1ccc2c(c1)OCO2. The number of rotatable bonds is 5. The number of nitrogens with zero attached hydrogens (tertiary/aromatic N) is 1. The Hall–Kier alpha value is -1.88. The summed E-state index contributed by atoms with van der Waals surface area (Å²) in [6, 6.07) is 4.51. The van der Waals surface area contributed by atoms with Crippen molar-refractivity contribution in [1.82, 2.24) is 15.2 Å². The first-order chi connectivity index (χ1) is 11.8. The molecule has 2 heterocycles. The Kier molecular flexibility index (Phi) is 4.87. The van der Waals surface area contributed by atoms with Crippen LogP contribution in [0.5, 0.6) is 11.5 Å². The number of anilines is 1. The third-order valence-corrected chi connectivity index (χ3v) is 6.83. The molecule has 0 spiro atoms. The van der Waals surface area contributed by atoms with Gasteiger partial charge in [0, 0.05) is 30.9 Å². The van der Waals surface area contributed by atoms with E-state index in [1.54, 1.807) is 32.0 Å². The quantitative estimate of drug-likeness (QED) is 0.662. The Morgan fingerprint density at radius 1 is 1.24 bits per heavy atom. The molecule has 2 aliphatic heterocycles. The average Bonchev–Trinajstić information content (AvgIpc) is 3.13. The maximum atomic E-state index is 12.7. The summed E-state index contributed by atoms with van der Waals surface area (Å²) in [6.07, 6.45) is 0. The summed E-state index contributed by atoms with van der Waals surface area (Å²) in [5, 5.41) is 2.03. The number of fused-ring (bicyclic) bond motifs is 1. The van der Waals surface area contributed by atoms with Gasteiger partial charge in [-0.1, -0.05) is 0 Å². The molecule has 10 heteroatoms. The molecule has 138 valence electrons. The second-order valence-electron chi connectivity index (χ2n) is 6.25. The zero-order chi connectivity index (χ0) is 18.2. The molecule has 2 unspecified atom stereocenters. The lowest BCUT2D eigenvalue weighted by molar-refractivity contribution is -0.116. The van der Waals surface area contributed by atoms with Crippen LogP contribution in [-0.2, 0) is 14.8 Å². The van der Waals surface area contributed by atoms with E-state index in [0.29, 0.717) is 17.2 Å². The van der Waals surface area contributed by atoms with Gasteiger partial charge in [-0.2, -0.15) is 4.31 Å². The molecule has 0 radical (unpaired) electrons. The highest BCUT2D eigenvalue weighted by atomic mass is 32.2. The summed E-state index contributed by atoms with van der Waals surface area (Å²) in [4.78, 5) is 12.2. The number of ether oxygens (including phenoxy) is 2. The van der Waals surface area contributed by atoms with Crippen molar-refractivity contribution in [3.8, 4) is 11.5 Å². The predicted molar refractivity (Wildman–Crippen MR) is 91.7 cm³/mol. The van der Waals surface area contributed by atoms with Crippen LogP contribution in [0.15, 0.2) is 18.2 Å². The zero-order valence-corrected chi connectivity index (χ0v) is 15.1. The smallest absolute Gasteiger partial charge is 0.239 e. The lowest BCUT2D eigenvalue weighted by Gasteiger charge is -2.25. The highest BCUT2D eigenvalue weighted by molar-refractivity contribution is 7.89. The first kappa shape index (κ1) is 17.9. The lowest BCUT2D eigenvalue weighted by atomic mass is 10.2.